The van der Waals surface area contributed by atoms with Crippen molar-refractivity contribution in [3.63, 3.8) is 0 Å². The first-order chi connectivity index (χ1) is 13.5. The number of rotatable bonds is 7. The summed E-state index contributed by atoms with van der Waals surface area (Å²) in [7, 11) is 0. The molecule has 0 bridgehead atoms. The van der Waals surface area contributed by atoms with Gasteiger partial charge in [0.1, 0.15) is 5.52 Å². The summed E-state index contributed by atoms with van der Waals surface area (Å²) < 4.78 is 1.17. The van der Waals surface area contributed by atoms with Crippen LogP contribution in [0.4, 0.5) is 0 Å². The fraction of sp³-hybridized carbons (Fsp3) is 0.211. The van der Waals surface area contributed by atoms with Crippen molar-refractivity contribution in [1.82, 2.24) is 25.6 Å². The summed E-state index contributed by atoms with van der Waals surface area (Å²) in [6.45, 7) is 0.680. The highest BCUT2D eigenvalue weighted by Gasteiger charge is 2.08. The molecule has 144 valence electrons. The molecule has 0 spiro atoms. The van der Waals surface area contributed by atoms with E-state index in [0.717, 1.165) is 0 Å². The van der Waals surface area contributed by atoms with E-state index in [0.29, 0.717) is 21.5 Å². The maximum absolute atomic E-state index is 12.3. The third-order valence-electron chi connectivity index (χ3n) is 4.02. The number of aromatic nitrogens is 3. The molecule has 0 fully saturated rings. The molecule has 0 saturated heterocycles. The minimum absolute atomic E-state index is 0.0814. The van der Waals surface area contributed by atoms with Gasteiger partial charge in [-0.15, -0.1) is 5.10 Å². The van der Waals surface area contributed by atoms with Crippen molar-refractivity contribution in [2.45, 2.75) is 13.0 Å². The van der Waals surface area contributed by atoms with Crippen molar-refractivity contribution in [2.75, 3.05) is 13.1 Å². The summed E-state index contributed by atoms with van der Waals surface area (Å²) in [6.07, 6.45) is 0.0814. The number of carbonyl (C=O) groups is 2. The van der Waals surface area contributed by atoms with Gasteiger partial charge in [0.25, 0.3) is 11.5 Å². The molecule has 0 atom stereocenters. The van der Waals surface area contributed by atoms with Crippen molar-refractivity contribution in [2.24, 2.45) is 0 Å². The zero-order valence-electron chi connectivity index (χ0n) is 14.9. The Bertz CT molecular complexity index is 1050. The van der Waals surface area contributed by atoms with Crippen LogP contribution < -0.4 is 16.2 Å². The Morgan fingerprint density at radius 1 is 1.00 bits per heavy atom. The van der Waals surface area contributed by atoms with E-state index in [1.807, 2.05) is 0 Å². The van der Waals surface area contributed by atoms with Crippen molar-refractivity contribution in [3.8, 4) is 0 Å². The van der Waals surface area contributed by atoms with Gasteiger partial charge in [0, 0.05) is 30.1 Å². The van der Waals surface area contributed by atoms with E-state index in [1.54, 1.807) is 48.5 Å². The number of hydrogen-bond acceptors (Lipinski definition) is 5. The number of fused-ring (bicyclic) bond motifs is 1. The Hall–Kier alpha value is -3.26. The van der Waals surface area contributed by atoms with E-state index < -0.39 is 0 Å². The van der Waals surface area contributed by atoms with E-state index in [-0.39, 0.29) is 43.4 Å². The third kappa shape index (κ3) is 4.92. The number of carbonyl (C=O) groups excluding carboxylic acids is 2. The lowest BCUT2D eigenvalue weighted by atomic mass is 10.2. The normalized spacial score (nSPS) is 10.6. The van der Waals surface area contributed by atoms with Crippen LogP contribution in [0.5, 0.6) is 0 Å². The third-order valence-corrected chi connectivity index (χ3v) is 4.27. The lowest BCUT2D eigenvalue weighted by Gasteiger charge is -2.08. The van der Waals surface area contributed by atoms with Gasteiger partial charge in [0.05, 0.1) is 11.9 Å². The predicted molar refractivity (Wildman–Crippen MR) is 105 cm³/mol. The van der Waals surface area contributed by atoms with Crippen LogP contribution in [0.3, 0.4) is 0 Å². The molecule has 9 heteroatoms. The maximum atomic E-state index is 12.3. The number of nitrogens with zero attached hydrogens (tertiary/aromatic N) is 3. The summed E-state index contributed by atoms with van der Waals surface area (Å²) in [4.78, 5) is 36.2. The Kier molecular flexibility index (Phi) is 6.33. The molecule has 0 aliphatic rings. The predicted octanol–water partition coefficient (Wildman–Crippen LogP) is 1.38. The Morgan fingerprint density at radius 3 is 2.50 bits per heavy atom. The first kappa shape index (κ1) is 19.5. The molecular formula is C19H18ClN5O3. The number of nitrogens with one attached hydrogen (secondary N) is 2. The molecule has 28 heavy (non-hydrogen) atoms. The smallest absolute Gasteiger partial charge is 0.277 e. The van der Waals surface area contributed by atoms with Crippen LogP contribution in [0.2, 0.25) is 5.02 Å². The number of benzene rings is 2. The topological polar surface area (TPSA) is 106 Å². The van der Waals surface area contributed by atoms with E-state index in [1.165, 1.54) is 4.68 Å². The second-order valence-corrected chi connectivity index (χ2v) is 6.43. The summed E-state index contributed by atoms with van der Waals surface area (Å²) >= 11 is 5.78. The number of aryl methyl sites for hydroxylation is 1. The first-order valence-corrected chi connectivity index (χ1v) is 9.05. The maximum Gasteiger partial charge on any atom is 0.277 e. The molecule has 0 unspecified atom stereocenters. The fourth-order valence-electron chi connectivity index (χ4n) is 2.55. The van der Waals surface area contributed by atoms with Crippen LogP contribution in [0.25, 0.3) is 10.9 Å². The molecule has 3 rings (SSSR count). The summed E-state index contributed by atoms with van der Waals surface area (Å²) in [5.41, 5.74) is 0.725. The average molecular weight is 400 g/mol. The van der Waals surface area contributed by atoms with Crippen molar-refractivity contribution in [1.29, 1.82) is 0 Å². The Labute approximate surface area is 165 Å². The lowest BCUT2D eigenvalue weighted by molar-refractivity contribution is -0.121. The highest BCUT2D eigenvalue weighted by molar-refractivity contribution is 6.30. The minimum atomic E-state index is -0.284. The highest BCUT2D eigenvalue weighted by Crippen LogP contribution is 2.09. The molecule has 1 aromatic heterocycles. The molecule has 0 aliphatic heterocycles. The van der Waals surface area contributed by atoms with Gasteiger partial charge in [-0.3, -0.25) is 14.4 Å². The van der Waals surface area contributed by atoms with Gasteiger partial charge in [-0.05, 0) is 36.4 Å². The van der Waals surface area contributed by atoms with E-state index in [4.69, 9.17) is 11.6 Å². The van der Waals surface area contributed by atoms with Crippen LogP contribution in [-0.2, 0) is 11.3 Å². The Balaban J connectivity index is 1.42. The van der Waals surface area contributed by atoms with Gasteiger partial charge in [-0.25, -0.2) is 4.68 Å². The molecule has 2 amide bonds. The van der Waals surface area contributed by atoms with Gasteiger partial charge >= 0.3 is 0 Å². The Morgan fingerprint density at radius 2 is 1.71 bits per heavy atom. The van der Waals surface area contributed by atoms with Gasteiger partial charge in [0.2, 0.25) is 5.91 Å². The molecule has 0 saturated carbocycles. The number of hydrogen-bond donors (Lipinski definition) is 2. The lowest BCUT2D eigenvalue weighted by Crippen LogP contribution is -2.35. The summed E-state index contributed by atoms with van der Waals surface area (Å²) in [5, 5.41) is 14.2. The largest absolute Gasteiger partial charge is 0.354 e. The quantitative estimate of drug-likeness (QED) is 0.584. The monoisotopic (exact) mass is 399 g/mol. The van der Waals surface area contributed by atoms with Gasteiger partial charge < -0.3 is 10.6 Å². The van der Waals surface area contributed by atoms with E-state index >= 15 is 0 Å². The molecule has 3 aromatic rings. The standard InChI is InChI=1S/C19H18ClN5O3/c20-14-7-5-13(6-8-14)18(27)22-11-10-21-17(26)9-12-25-19(28)15-3-1-2-4-16(15)23-24-25/h1-8H,9-12H2,(H,21,26)(H,22,27). The van der Waals surface area contributed by atoms with Crippen molar-refractivity contribution < 1.29 is 9.59 Å². The van der Waals surface area contributed by atoms with Crippen molar-refractivity contribution >= 4 is 34.3 Å². The molecule has 1 heterocycles. The van der Waals surface area contributed by atoms with Crippen molar-refractivity contribution in [3.05, 3.63) is 69.5 Å². The second-order valence-electron chi connectivity index (χ2n) is 6.00. The van der Waals surface area contributed by atoms with Gasteiger partial charge in [0.15, 0.2) is 0 Å². The molecule has 2 aromatic carbocycles. The van der Waals surface area contributed by atoms with Crippen LogP contribution >= 0.6 is 11.6 Å². The van der Waals surface area contributed by atoms with Crippen LogP contribution in [0.1, 0.15) is 16.8 Å². The van der Waals surface area contributed by atoms with Crippen LogP contribution in [0.15, 0.2) is 53.3 Å². The van der Waals surface area contributed by atoms with Gasteiger partial charge in [-0.1, -0.05) is 28.9 Å². The first-order valence-electron chi connectivity index (χ1n) is 8.67. The molecular weight excluding hydrogens is 382 g/mol. The SMILES string of the molecule is O=C(CCn1nnc2ccccc2c1=O)NCCNC(=O)c1ccc(Cl)cc1. The molecule has 2 N–H and O–H groups in total. The van der Waals surface area contributed by atoms with E-state index in [9.17, 15) is 14.4 Å². The second kappa shape index (κ2) is 9.09. The molecule has 0 radical (unpaired) electrons. The number of halogens is 1. The minimum Gasteiger partial charge on any atom is -0.354 e. The fourth-order valence-corrected chi connectivity index (χ4v) is 2.67. The summed E-state index contributed by atoms with van der Waals surface area (Å²) in [6, 6.07) is 13.4. The highest BCUT2D eigenvalue weighted by atomic mass is 35.5. The average Bonchev–Trinajstić information content (AvgIpc) is 2.71. The van der Waals surface area contributed by atoms with Crippen LogP contribution in [-0.4, -0.2) is 39.9 Å². The zero-order chi connectivity index (χ0) is 19.9. The summed E-state index contributed by atoms with van der Waals surface area (Å²) in [5.74, 6) is -0.494. The van der Waals surface area contributed by atoms with E-state index in [2.05, 4.69) is 20.9 Å². The molecule has 0 aliphatic carbocycles. The molecule has 8 nitrogen and oxygen atoms in total. The number of amides is 2. The van der Waals surface area contributed by atoms with Crippen LogP contribution in [0, 0.1) is 0 Å². The van der Waals surface area contributed by atoms with Gasteiger partial charge in [-0.2, -0.15) is 0 Å². The zero-order valence-corrected chi connectivity index (χ0v) is 15.6.